The number of ether oxygens (including phenoxy) is 1. The van der Waals surface area contributed by atoms with Gasteiger partial charge in [0, 0.05) is 17.3 Å². The van der Waals surface area contributed by atoms with Gasteiger partial charge in [0.25, 0.3) is 5.91 Å². The van der Waals surface area contributed by atoms with Gasteiger partial charge in [-0.05, 0) is 42.8 Å². The number of halogens is 1. The average molecular weight is 390 g/mol. The zero-order valence-electron chi connectivity index (χ0n) is 15.0. The van der Waals surface area contributed by atoms with Gasteiger partial charge in [0.1, 0.15) is 11.5 Å². The van der Waals surface area contributed by atoms with Crippen LogP contribution in [0.1, 0.15) is 29.3 Å². The van der Waals surface area contributed by atoms with Gasteiger partial charge in [-0.25, -0.2) is 5.43 Å². The van der Waals surface area contributed by atoms with Gasteiger partial charge in [0.05, 0.1) is 19.1 Å². The highest BCUT2D eigenvalue weighted by Gasteiger charge is 2.11. The van der Waals surface area contributed by atoms with Crippen molar-refractivity contribution >= 4 is 29.1 Å². The molecule has 0 radical (unpaired) electrons. The highest BCUT2D eigenvalue weighted by atomic mass is 35.5. The molecule has 0 unspecified atom stereocenters. The smallest absolute Gasteiger partial charge is 0.275 e. The van der Waals surface area contributed by atoms with Crippen molar-refractivity contribution in [1.82, 2.24) is 10.7 Å². The minimum absolute atomic E-state index is 0.00278. The molecule has 2 amide bonds. The number of phenolic OH excluding ortho intramolecular Hbond substituents is 1. The fourth-order valence-electron chi connectivity index (χ4n) is 2.17. The molecule has 142 valence electrons. The third-order valence-electron chi connectivity index (χ3n) is 3.62. The molecular formula is C19H20ClN3O4. The van der Waals surface area contributed by atoms with E-state index in [0.717, 1.165) is 11.3 Å². The summed E-state index contributed by atoms with van der Waals surface area (Å²) in [4.78, 5) is 24.0. The summed E-state index contributed by atoms with van der Waals surface area (Å²) in [5.74, 6) is -0.309. The SMILES string of the molecule is COc1ccc(CNC(=O)C/C(C)=N\NC(=O)c2cc(Cl)ccc2O)cc1. The summed E-state index contributed by atoms with van der Waals surface area (Å²) in [6, 6.07) is 11.5. The van der Waals surface area contributed by atoms with Gasteiger partial charge in [0.15, 0.2) is 0 Å². The molecule has 3 N–H and O–H groups in total. The fourth-order valence-corrected chi connectivity index (χ4v) is 2.35. The number of phenols is 1. The largest absolute Gasteiger partial charge is 0.507 e. The summed E-state index contributed by atoms with van der Waals surface area (Å²) in [7, 11) is 1.59. The van der Waals surface area contributed by atoms with E-state index in [2.05, 4.69) is 15.8 Å². The zero-order chi connectivity index (χ0) is 19.8. The van der Waals surface area contributed by atoms with E-state index in [9.17, 15) is 14.7 Å². The number of hydrazone groups is 1. The van der Waals surface area contributed by atoms with Crippen LogP contribution in [0.5, 0.6) is 11.5 Å². The van der Waals surface area contributed by atoms with Crippen molar-refractivity contribution in [3.8, 4) is 11.5 Å². The Balaban J connectivity index is 1.84. The van der Waals surface area contributed by atoms with Crippen LogP contribution in [0, 0.1) is 0 Å². The van der Waals surface area contributed by atoms with E-state index >= 15 is 0 Å². The highest BCUT2D eigenvalue weighted by Crippen LogP contribution is 2.21. The van der Waals surface area contributed by atoms with Crippen molar-refractivity contribution < 1.29 is 19.4 Å². The summed E-state index contributed by atoms with van der Waals surface area (Å²) in [5, 5.41) is 16.7. The number of rotatable bonds is 7. The lowest BCUT2D eigenvalue weighted by molar-refractivity contribution is -0.120. The first-order valence-electron chi connectivity index (χ1n) is 8.10. The van der Waals surface area contributed by atoms with Crippen LogP contribution in [-0.2, 0) is 11.3 Å². The number of carbonyl (C=O) groups excluding carboxylic acids is 2. The maximum Gasteiger partial charge on any atom is 0.275 e. The first kappa shape index (κ1) is 20.3. The third-order valence-corrected chi connectivity index (χ3v) is 3.85. The average Bonchev–Trinajstić information content (AvgIpc) is 2.66. The Morgan fingerprint density at radius 3 is 2.56 bits per heavy atom. The number of hydrogen-bond acceptors (Lipinski definition) is 5. The normalized spacial score (nSPS) is 11.0. The van der Waals surface area contributed by atoms with Gasteiger partial charge < -0.3 is 15.2 Å². The predicted molar refractivity (Wildman–Crippen MR) is 103 cm³/mol. The monoisotopic (exact) mass is 389 g/mol. The lowest BCUT2D eigenvalue weighted by Gasteiger charge is -2.07. The van der Waals surface area contributed by atoms with E-state index in [0.29, 0.717) is 17.3 Å². The first-order chi connectivity index (χ1) is 12.9. The number of nitrogens with zero attached hydrogens (tertiary/aromatic N) is 1. The number of hydrogen-bond donors (Lipinski definition) is 3. The molecule has 0 fully saturated rings. The van der Waals surface area contributed by atoms with Crippen LogP contribution in [0.25, 0.3) is 0 Å². The molecule has 0 atom stereocenters. The second-order valence-electron chi connectivity index (χ2n) is 5.75. The maximum absolute atomic E-state index is 12.0. The molecule has 27 heavy (non-hydrogen) atoms. The second-order valence-corrected chi connectivity index (χ2v) is 6.19. The topological polar surface area (TPSA) is 100 Å². The van der Waals surface area contributed by atoms with Crippen LogP contribution in [0.3, 0.4) is 0 Å². The summed E-state index contributed by atoms with van der Waals surface area (Å²) < 4.78 is 5.08. The van der Waals surface area contributed by atoms with Crippen molar-refractivity contribution in [2.24, 2.45) is 5.10 Å². The number of carbonyl (C=O) groups is 2. The molecule has 0 aromatic heterocycles. The summed E-state index contributed by atoms with van der Waals surface area (Å²) in [6.45, 7) is 1.99. The molecule has 0 aliphatic rings. The van der Waals surface area contributed by atoms with E-state index in [1.54, 1.807) is 14.0 Å². The van der Waals surface area contributed by atoms with Gasteiger partial charge in [-0.3, -0.25) is 9.59 Å². The second kappa shape index (κ2) is 9.59. The van der Waals surface area contributed by atoms with E-state index in [1.165, 1.54) is 18.2 Å². The summed E-state index contributed by atoms with van der Waals surface area (Å²) >= 11 is 5.81. The minimum Gasteiger partial charge on any atom is -0.507 e. The summed E-state index contributed by atoms with van der Waals surface area (Å²) in [5.41, 5.74) is 3.65. The first-order valence-corrected chi connectivity index (χ1v) is 8.48. The van der Waals surface area contributed by atoms with Gasteiger partial charge in [-0.15, -0.1) is 0 Å². The van der Waals surface area contributed by atoms with Gasteiger partial charge in [0.2, 0.25) is 5.91 Å². The molecule has 0 aliphatic carbocycles. The Bertz CT molecular complexity index is 851. The molecule has 2 rings (SSSR count). The Kier molecular flexibility index (Phi) is 7.19. The lowest BCUT2D eigenvalue weighted by atomic mass is 10.2. The Labute approximate surface area is 162 Å². The van der Waals surface area contributed by atoms with Gasteiger partial charge in [-0.1, -0.05) is 23.7 Å². The van der Waals surface area contributed by atoms with E-state index in [4.69, 9.17) is 16.3 Å². The Morgan fingerprint density at radius 1 is 1.19 bits per heavy atom. The molecule has 7 nitrogen and oxygen atoms in total. The van der Waals surface area contributed by atoms with Crippen molar-refractivity contribution in [1.29, 1.82) is 0 Å². The van der Waals surface area contributed by atoms with Crippen LogP contribution < -0.4 is 15.5 Å². The molecule has 2 aromatic carbocycles. The zero-order valence-corrected chi connectivity index (χ0v) is 15.7. The molecule has 8 heteroatoms. The third kappa shape index (κ3) is 6.31. The van der Waals surface area contributed by atoms with E-state index < -0.39 is 5.91 Å². The van der Waals surface area contributed by atoms with Crippen molar-refractivity contribution in [3.05, 3.63) is 58.6 Å². The molecule has 0 heterocycles. The molecule has 0 spiro atoms. The molecule has 0 saturated carbocycles. The molecule has 0 bridgehead atoms. The fraction of sp³-hybridized carbons (Fsp3) is 0.211. The number of methoxy groups -OCH3 is 1. The highest BCUT2D eigenvalue weighted by molar-refractivity contribution is 6.31. The Hall–Kier alpha value is -3.06. The van der Waals surface area contributed by atoms with E-state index in [-0.39, 0.29) is 23.6 Å². The number of nitrogens with one attached hydrogen (secondary N) is 2. The van der Waals surface area contributed by atoms with Gasteiger partial charge >= 0.3 is 0 Å². The molecule has 0 saturated heterocycles. The van der Waals surface area contributed by atoms with E-state index in [1.807, 2.05) is 24.3 Å². The molecule has 0 aliphatic heterocycles. The minimum atomic E-state index is -0.618. The van der Waals surface area contributed by atoms with Crippen LogP contribution >= 0.6 is 11.6 Å². The number of aromatic hydroxyl groups is 1. The van der Waals surface area contributed by atoms with Crippen LogP contribution in [0.4, 0.5) is 0 Å². The molecular weight excluding hydrogens is 370 g/mol. The Morgan fingerprint density at radius 2 is 1.89 bits per heavy atom. The molecule has 2 aromatic rings. The van der Waals surface area contributed by atoms with Crippen LogP contribution in [0.15, 0.2) is 47.6 Å². The van der Waals surface area contributed by atoms with Crippen LogP contribution in [0.2, 0.25) is 5.02 Å². The lowest BCUT2D eigenvalue weighted by Crippen LogP contribution is -2.26. The van der Waals surface area contributed by atoms with Crippen molar-refractivity contribution in [2.45, 2.75) is 19.9 Å². The van der Waals surface area contributed by atoms with Crippen LogP contribution in [-0.4, -0.2) is 29.7 Å². The quantitative estimate of drug-likeness (QED) is 0.500. The van der Waals surface area contributed by atoms with Gasteiger partial charge in [-0.2, -0.15) is 5.10 Å². The standard InChI is InChI=1S/C19H20ClN3O4/c1-12(22-23-19(26)16-10-14(20)5-8-17(16)24)9-18(25)21-11-13-3-6-15(27-2)7-4-13/h3-8,10,24H,9,11H2,1-2H3,(H,21,25)(H,23,26)/b22-12-. The van der Waals surface area contributed by atoms with Crippen molar-refractivity contribution in [2.75, 3.05) is 7.11 Å². The number of benzene rings is 2. The predicted octanol–water partition coefficient (Wildman–Crippen LogP) is 2.87. The maximum atomic E-state index is 12.0. The summed E-state index contributed by atoms with van der Waals surface area (Å²) in [6.07, 6.45) is 0.0258. The number of amides is 2. The van der Waals surface area contributed by atoms with Crippen molar-refractivity contribution in [3.63, 3.8) is 0 Å².